The Bertz CT molecular complexity index is 2120. The van der Waals surface area contributed by atoms with E-state index in [9.17, 15) is 19.2 Å². The maximum absolute atomic E-state index is 13.4. The fourth-order valence-electron chi connectivity index (χ4n) is 8.71. The number of nitrogens with one attached hydrogen (secondary N) is 2. The lowest BCUT2D eigenvalue weighted by Crippen LogP contribution is -2.52. The SMILES string of the molecule is O=C1CCC(N2Cc3cc(C4CCN(CCCN5CCN(c6cccc(-c7cnc8[nH]cc(C9CC9)c8c7Cl)n6)C(=O)C5)CC4)ccc3C2=O)C(=O)N1. The van der Waals surface area contributed by atoms with Gasteiger partial charge in [0.2, 0.25) is 17.7 Å². The van der Waals surface area contributed by atoms with Crippen LogP contribution in [0.15, 0.2) is 48.8 Å². The smallest absolute Gasteiger partial charge is 0.255 e. The molecule has 9 rings (SSSR count). The van der Waals surface area contributed by atoms with E-state index in [2.05, 4.69) is 37.2 Å². The molecule has 1 aliphatic carbocycles. The highest BCUT2D eigenvalue weighted by atomic mass is 35.5. The molecule has 2 N–H and O–H groups in total. The maximum Gasteiger partial charge on any atom is 0.255 e. The number of carbonyl (C=O) groups is 4. The summed E-state index contributed by atoms with van der Waals surface area (Å²) in [5.41, 5.74) is 6.40. The molecule has 1 atom stereocenters. The van der Waals surface area contributed by atoms with Crippen LogP contribution in [0.1, 0.15) is 83.8 Å². The van der Waals surface area contributed by atoms with Gasteiger partial charge in [0.05, 0.1) is 17.3 Å². The van der Waals surface area contributed by atoms with Crippen molar-refractivity contribution < 1.29 is 19.2 Å². The number of carbonyl (C=O) groups excluding carboxylic acids is 4. The maximum atomic E-state index is 13.4. The van der Waals surface area contributed by atoms with Crippen LogP contribution < -0.4 is 10.2 Å². The number of piperidine rings is 2. The predicted octanol–water partition coefficient (Wildman–Crippen LogP) is 4.84. The van der Waals surface area contributed by atoms with E-state index in [1.54, 1.807) is 16.0 Å². The van der Waals surface area contributed by atoms with E-state index in [1.165, 1.54) is 24.0 Å². The summed E-state index contributed by atoms with van der Waals surface area (Å²) in [6.45, 7) is 6.05. The first-order chi connectivity index (χ1) is 25.8. The van der Waals surface area contributed by atoms with Gasteiger partial charge in [-0.05, 0) is 111 Å². The molecule has 4 aliphatic heterocycles. The quantitative estimate of drug-likeness (QED) is 0.234. The second-order valence-electron chi connectivity index (χ2n) is 15.2. The molecular formula is C40H43ClN8O4. The summed E-state index contributed by atoms with van der Waals surface area (Å²) in [7, 11) is 0. The minimum atomic E-state index is -0.592. The molecule has 53 heavy (non-hydrogen) atoms. The van der Waals surface area contributed by atoms with Gasteiger partial charge in [-0.1, -0.05) is 29.8 Å². The van der Waals surface area contributed by atoms with E-state index in [4.69, 9.17) is 16.6 Å². The molecule has 7 heterocycles. The van der Waals surface area contributed by atoms with Crippen molar-refractivity contribution in [2.75, 3.05) is 50.7 Å². The number of benzene rings is 1. The molecule has 1 saturated carbocycles. The zero-order chi connectivity index (χ0) is 36.2. The number of halogens is 1. The highest BCUT2D eigenvalue weighted by molar-refractivity contribution is 6.38. The number of rotatable bonds is 9. The van der Waals surface area contributed by atoms with Crippen molar-refractivity contribution in [1.82, 2.24) is 35.0 Å². The Balaban J connectivity index is 0.749. The highest BCUT2D eigenvalue weighted by Crippen LogP contribution is 2.46. The summed E-state index contributed by atoms with van der Waals surface area (Å²) in [6.07, 6.45) is 9.87. The monoisotopic (exact) mass is 734 g/mol. The third-order valence-corrected chi connectivity index (χ3v) is 12.2. The molecular weight excluding hydrogens is 692 g/mol. The summed E-state index contributed by atoms with van der Waals surface area (Å²) >= 11 is 6.96. The van der Waals surface area contributed by atoms with Crippen LogP contribution >= 0.6 is 11.6 Å². The lowest BCUT2D eigenvalue weighted by Gasteiger charge is -2.35. The van der Waals surface area contributed by atoms with Crippen LogP contribution in [0.4, 0.5) is 5.82 Å². The molecule has 5 aliphatic rings. The number of piperazine rings is 1. The number of anilines is 1. The molecule has 4 amide bonds. The van der Waals surface area contributed by atoms with Gasteiger partial charge in [0.25, 0.3) is 5.91 Å². The first-order valence-corrected chi connectivity index (χ1v) is 19.3. The van der Waals surface area contributed by atoms with Crippen molar-refractivity contribution >= 4 is 52.1 Å². The van der Waals surface area contributed by atoms with Crippen LogP contribution in [0, 0.1) is 0 Å². The van der Waals surface area contributed by atoms with Crippen molar-refractivity contribution in [1.29, 1.82) is 0 Å². The van der Waals surface area contributed by atoms with Gasteiger partial charge < -0.3 is 14.8 Å². The molecule has 0 spiro atoms. The number of hydrogen-bond acceptors (Lipinski definition) is 8. The Morgan fingerprint density at radius 2 is 1.68 bits per heavy atom. The van der Waals surface area contributed by atoms with Crippen LogP contribution in [0.3, 0.4) is 0 Å². The van der Waals surface area contributed by atoms with Gasteiger partial charge in [-0.15, -0.1) is 0 Å². The van der Waals surface area contributed by atoms with Crippen molar-refractivity contribution in [2.24, 2.45) is 0 Å². The number of fused-ring (bicyclic) bond motifs is 2. The molecule has 12 nitrogen and oxygen atoms in total. The van der Waals surface area contributed by atoms with Crippen molar-refractivity contribution in [3.63, 3.8) is 0 Å². The molecule has 4 aromatic rings. The second kappa shape index (κ2) is 14.0. The minimum Gasteiger partial charge on any atom is -0.346 e. The van der Waals surface area contributed by atoms with E-state index in [1.807, 2.05) is 30.5 Å². The molecule has 3 saturated heterocycles. The average Bonchev–Trinajstić information content (AvgIpc) is 3.83. The normalized spacial score (nSPS) is 21.9. The Hall–Kier alpha value is -4.65. The van der Waals surface area contributed by atoms with Crippen molar-refractivity contribution in [3.05, 3.63) is 76.1 Å². The molecule has 3 aromatic heterocycles. The summed E-state index contributed by atoms with van der Waals surface area (Å²) in [5, 5.41) is 4.01. The molecule has 274 valence electrons. The van der Waals surface area contributed by atoms with E-state index in [0.29, 0.717) is 60.0 Å². The average molecular weight is 735 g/mol. The van der Waals surface area contributed by atoms with Crippen LogP contribution in [-0.4, -0.2) is 105 Å². The topological polar surface area (TPSA) is 135 Å². The number of amides is 4. The standard InChI is InChI=1S/C40H43ClN8O4/c41-37-30(21-43-38-36(37)29(20-42-38)25-5-6-25)31-3-1-4-33(44-31)48-18-17-47(23-35(48)51)14-2-13-46-15-11-24(12-16-46)26-7-8-28-27(19-26)22-49(40(28)53)32-9-10-34(50)45-39(32)52/h1,3-4,7-8,19-21,24-25,32H,2,5-6,9-18,22-23H2,(H,42,43)(H,45,50,52). The van der Waals surface area contributed by atoms with E-state index < -0.39 is 6.04 Å². The van der Waals surface area contributed by atoms with E-state index >= 15 is 0 Å². The Morgan fingerprint density at radius 1 is 0.849 bits per heavy atom. The number of aromatic nitrogens is 3. The fourth-order valence-corrected chi connectivity index (χ4v) is 9.05. The molecule has 1 aromatic carbocycles. The van der Waals surface area contributed by atoms with Crippen LogP contribution in [0.2, 0.25) is 5.02 Å². The summed E-state index contributed by atoms with van der Waals surface area (Å²) in [6, 6.07) is 11.3. The second-order valence-corrected chi connectivity index (χ2v) is 15.6. The fraction of sp³-hybridized carbons (Fsp3) is 0.450. The molecule has 13 heteroatoms. The lowest BCUT2D eigenvalue weighted by atomic mass is 9.88. The van der Waals surface area contributed by atoms with Gasteiger partial charge in [-0.25, -0.2) is 9.97 Å². The van der Waals surface area contributed by atoms with Gasteiger partial charge in [0.15, 0.2) is 0 Å². The van der Waals surface area contributed by atoms with Gasteiger partial charge in [0.1, 0.15) is 17.5 Å². The van der Waals surface area contributed by atoms with Gasteiger partial charge in [-0.2, -0.15) is 0 Å². The number of hydrogen-bond donors (Lipinski definition) is 2. The van der Waals surface area contributed by atoms with Gasteiger partial charge in [0, 0.05) is 55.0 Å². The molecule has 0 radical (unpaired) electrons. The number of imide groups is 1. The Kier molecular flexibility index (Phi) is 8.99. The highest BCUT2D eigenvalue weighted by Gasteiger charge is 2.39. The summed E-state index contributed by atoms with van der Waals surface area (Å²) in [5.74, 6) is 0.884. The van der Waals surface area contributed by atoms with Crippen molar-refractivity contribution in [3.8, 4) is 11.3 Å². The number of H-pyrrole nitrogens is 1. The minimum absolute atomic E-state index is 0.0549. The van der Waals surface area contributed by atoms with E-state index in [0.717, 1.165) is 74.1 Å². The number of likely N-dealkylation sites (tertiary alicyclic amines) is 1. The zero-order valence-electron chi connectivity index (χ0n) is 29.7. The molecule has 4 fully saturated rings. The number of pyridine rings is 2. The number of aromatic amines is 1. The summed E-state index contributed by atoms with van der Waals surface area (Å²) in [4.78, 5) is 71.5. The largest absolute Gasteiger partial charge is 0.346 e. The molecule has 1 unspecified atom stereocenters. The first kappa shape index (κ1) is 34.1. The Labute approximate surface area is 312 Å². The first-order valence-electron chi connectivity index (χ1n) is 19.0. The van der Waals surface area contributed by atoms with Crippen molar-refractivity contribution in [2.45, 2.75) is 69.4 Å². The van der Waals surface area contributed by atoms with Crippen LogP contribution in [0.25, 0.3) is 22.3 Å². The zero-order valence-corrected chi connectivity index (χ0v) is 30.4. The third-order valence-electron chi connectivity index (χ3n) is 11.8. The van der Waals surface area contributed by atoms with Crippen LogP contribution in [-0.2, 0) is 20.9 Å². The van der Waals surface area contributed by atoms with Gasteiger partial charge >= 0.3 is 0 Å². The molecule has 0 bridgehead atoms. The van der Waals surface area contributed by atoms with Crippen LogP contribution in [0.5, 0.6) is 0 Å². The predicted molar refractivity (Wildman–Crippen MR) is 201 cm³/mol. The number of nitrogens with zero attached hydrogens (tertiary/aromatic N) is 6. The summed E-state index contributed by atoms with van der Waals surface area (Å²) < 4.78 is 0. The lowest BCUT2D eigenvalue weighted by molar-refractivity contribution is -0.137. The van der Waals surface area contributed by atoms with E-state index in [-0.39, 0.29) is 30.0 Å². The Morgan fingerprint density at radius 3 is 2.47 bits per heavy atom. The van der Waals surface area contributed by atoms with Gasteiger partial charge in [-0.3, -0.25) is 34.3 Å². The third kappa shape index (κ3) is 6.61.